The summed E-state index contributed by atoms with van der Waals surface area (Å²) in [4.78, 5) is 14.9. The van der Waals surface area contributed by atoms with Gasteiger partial charge < -0.3 is 15.0 Å². The molecule has 0 aliphatic carbocycles. The highest BCUT2D eigenvalue weighted by Crippen LogP contribution is 2.27. The lowest BCUT2D eigenvalue weighted by molar-refractivity contribution is 0.0642. The van der Waals surface area contributed by atoms with Gasteiger partial charge in [0.25, 0.3) is 5.91 Å². The predicted octanol–water partition coefficient (Wildman–Crippen LogP) is 3.48. The molecule has 1 N–H and O–H groups in total. The number of ether oxygens (including phenoxy) is 1. The number of piperidine rings is 1. The van der Waals surface area contributed by atoms with Crippen molar-refractivity contribution in [1.82, 2.24) is 10.2 Å². The average Bonchev–Trinajstić information content (AvgIpc) is 2.52. The summed E-state index contributed by atoms with van der Waals surface area (Å²) in [7, 11) is 1.63. The van der Waals surface area contributed by atoms with Gasteiger partial charge in [-0.05, 0) is 66.5 Å². The van der Waals surface area contributed by atoms with E-state index in [2.05, 4.69) is 28.2 Å². The van der Waals surface area contributed by atoms with Crippen LogP contribution in [0, 0.1) is 0 Å². The molecule has 1 aromatic rings. The van der Waals surface area contributed by atoms with Crippen LogP contribution in [0.1, 0.15) is 36.5 Å². The van der Waals surface area contributed by atoms with Crippen LogP contribution in [0.5, 0.6) is 5.75 Å². The molecule has 0 bridgehead atoms. The van der Waals surface area contributed by atoms with Crippen molar-refractivity contribution in [2.24, 2.45) is 0 Å². The molecular formula is C16H24BrClN2O2. The van der Waals surface area contributed by atoms with Gasteiger partial charge in [-0.25, -0.2) is 0 Å². The summed E-state index contributed by atoms with van der Waals surface area (Å²) in [5.74, 6) is 0.863. The summed E-state index contributed by atoms with van der Waals surface area (Å²) >= 11 is 3.45. The molecule has 4 nitrogen and oxygen atoms in total. The third kappa shape index (κ3) is 4.61. The standard InChI is InChI=1S/C16H23BrN2O2.ClH/c1-3-10-19(13-6-8-18-9-7-13)16(20)12-4-5-15(21-2)14(17)11-12;/h4-5,11,13,18H,3,6-10H2,1-2H3;1H. The number of amides is 1. The molecule has 1 saturated heterocycles. The molecule has 0 saturated carbocycles. The van der Waals surface area contributed by atoms with Crippen LogP contribution in [-0.2, 0) is 0 Å². The normalized spacial score (nSPS) is 15.0. The third-order valence-electron chi connectivity index (χ3n) is 3.87. The van der Waals surface area contributed by atoms with E-state index in [0.29, 0.717) is 6.04 Å². The van der Waals surface area contributed by atoms with Gasteiger partial charge in [0, 0.05) is 18.2 Å². The Morgan fingerprint density at radius 3 is 2.64 bits per heavy atom. The molecular weight excluding hydrogens is 368 g/mol. The minimum absolute atomic E-state index is 0. The van der Waals surface area contributed by atoms with Gasteiger partial charge in [0.1, 0.15) is 5.75 Å². The summed E-state index contributed by atoms with van der Waals surface area (Å²) in [6, 6.07) is 5.88. The first kappa shape index (κ1) is 19.3. The fourth-order valence-electron chi connectivity index (χ4n) is 2.77. The van der Waals surface area contributed by atoms with E-state index in [4.69, 9.17) is 4.74 Å². The number of carbonyl (C=O) groups is 1. The molecule has 1 heterocycles. The van der Waals surface area contributed by atoms with E-state index >= 15 is 0 Å². The van der Waals surface area contributed by atoms with Crippen LogP contribution in [-0.4, -0.2) is 43.6 Å². The van der Waals surface area contributed by atoms with Gasteiger partial charge in [-0.15, -0.1) is 12.4 Å². The maximum atomic E-state index is 12.8. The van der Waals surface area contributed by atoms with Crippen LogP contribution in [0.3, 0.4) is 0 Å². The lowest BCUT2D eigenvalue weighted by Gasteiger charge is -2.34. The van der Waals surface area contributed by atoms with Gasteiger partial charge in [-0.3, -0.25) is 4.79 Å². The Labute approximate surface area is 147 Å². The summed E-state index contributed by atoms with van der Waals surface area (Å²) in [6.07, 6.45) is 3.04. The molecule has 0 spiro atoms. The van der Waals surface area contributed by atoms with E-state index in [-0.39, 0.29) is 18.3 Å². The van der Waals surface area contributed by atoms with Crippen molar-refractivity contribution in [3.05, 3.63) is 28.2 Å². The number of nitrogens with one attached hydrogen (secondary N) is 1. The Kier molecular flexibility index (Phi) is 8.21. The van der Waals surface area contributed by atoms with Crippen molar-refractivity contribution in [2.75, 3.05) is 26.7 Å². The number of hydrogen-bond donors (Lipinski definition) is 1. The van der Waals surface area contributed by atoms with Crippen LogP contribution < -0.4 is 10.1 Å². The minimum atomic E-state index is 0. The van der Waals surface area contributed by atoms with Gasteiger partial charge >= 0.3 is 0 Å². The monoisotopic (exact) mass is 390 g/mol. The summed E-state index contributed by atoms with van der Waals surface area (Å²) in [5.41, 5.74) is 0.717. The molecule has 1 aromatic carbocycles. The maximum absolute atomic E-state index is 12.8. The Balaban J connectivity index is 0.00000242. The molecule has 22 heavy (non-hydrogen) atoms. The van der Waals surface area contributed by atoms with Gasteiger partial charge in [0.15, 0.2) is 0 Å². The highest BCUT2D eigenvalue weighted by molar-refractivity contribution is 9.10. The number of methoxy groups -OCH3 is 1. The Hall–Kier alpha value is -0.780. The SMILES string of the molecule is CCCN(C(=O)c1ccc(OC)c(Br)c1)C1CCNCC1.Cl. The molecule has 1 aliphatic rings. The van der Waals surface area contributed by atoms with Crippen LogP contribution in [0.4, 0.5) is 0 Å². The van der Waals surface area contributed by atoms with Gasteiger partial charge in [0.2, 0.25) is 0 Å². The molecule has 1 amide bonds. The highest BCUT2D eigenvalue weighted by Gasteiger charge is 2.25. The van der Waals surface area contributed by atoms with Crippen molar-refractivity contribution in [1.29, 1.82) is 0 Å². The largest absolute Gasteiger partial charge is 0.496 e. The fraction of sp³-hybridized carbons (Fsp3) is 0.562. The van der Waals surface area contributed by atoms with Crippen LogP contribution in [0.2, 0.25) is 0 Å². The second kappa shape index (κ2) is 9.38. The third-order valence-corrected chi connectivity index (χ3v) is 4.49. The highest BCUT2D eigenvalue weighted by atomic mass is 79.9. The number of halogens is 2. The van der Waals surface area contributed by atoms with E-state index in [1.165, 1.54) is 0 Å². The Morgan fingerprint density at radius 2 is 2.09 bits per heavy atom. The molecule has 1 aliphatic heterocycles. The Morgan fingerprint density at radius 1 is 1.41 bits per heavy atom. The lowest BCUT2D eigenvalue weighted by Crippen LogP contribution is -2.46. The molecule has 0 unspecified atom stereocenters. The zero-order valence-electron chi connectivity index (χ0n) is 13.1. The average molecular weight is 392 g/mol. The molecule has 6 heteroatoms. The molecule has 1 fully saturated rings. The first-order chi connectivity index (χ1) is 10.2. The van der Waals surface area contributed by atoms with E-state index in [1.54, 1.807) is 7.11 Å². The molecule has 0 aromatic heterocycles. The van der Waals surface area contributed by atoms with Gasteiger partial charge in [-0.2, -0.15) is 0 Å². The summed E-state index contributed by atoms with van der Waals surface area (Å²) in [6.45, 7) is 4.91. The number of rotatable bonds is 5. The summed E-state index contributed by atoms with van der Waals surface area (Å²) in [5, 5.41) is 3.35. The lowest BCUT2D eigenvalue weighted by atomic mass is 10.0. The topological polar surface area (TPSA) is 41.6 Å². The van der Waals surface area contributed by atoms with E-state index in [9.17, 15) is 4.79 Å². The van der Waals surface area contributed by atoms with Crippen molar-refractivity contribution in [3.63, 3.8) is 0 Å². The smallest absolute Gasteiger partial charge is 0.254 e. The quantitative estimate of drug-likeness (QED) is 0.835. The minimum Gasteiger partial charge on any atom is -0.496 e. The van der Waals surface area contributed by atoms with Crippen molar-refractivity contribution >= 4 is 34.2 Å². The molecule has 0 atom stereocenters. The van der Waals surface area contributed by atoms with Crippen molar-refractivity contribution in [3.8, 4) is 5.75 Å². The first-order valence-electron chi connectivity index (χ1n) is 7.52. The number of hydrogen-bond acceptors (Lipinski definition) is 3. The number of benzene rings is 1. The number of nitrogens with zero attached hydrogens (tertiary/aromatic N) is 1. The van der Waals surface area contributed by atoms with Gasteiger partial charge in [0.05, 0.1) is 11.6 Å². The second-order valence-electron chi connectivity index (χ2n) is 5.33. The number of carbonyl (C=O) groups excluding carboxylic acids is 1. The van der Waals surface area contributed by atoms with Gasteiger partial charge in [-0.1, -0.05) is 6.92 Å². The van der Waals surface area contributed by atoms with E-state index in [1.807, 2.05) is 23.1 Å². The van der Waals surface area contributed by atoms with Crippen molar-refractivity contribution < 1.29 is 9.53 Å². The second-order valence-corrected chi connectivity index (χ2v) is 6.18. The van der Waals surface area contributed by atoms with Crippen LogP contribution in [0.15, 0.2) is 22.7 Å². The fourth-order valence-corrected chi connectivity index (χ4v) is 3.32. The van der Waals surface area contributed by atoms with E-state index in [0.717, 1.165) is 54.7 Å². The summed E-state index contributed by atoms with van der Waals surface area (Å²) < 4.78 is 6.04. The van der Waals surface area contributed by atoms with Crippen molar-refractivity contribution in [2.45, 2.75) is 32.2 Å². The Bertz CT molecular complexity index is 493. The molecule has 124 valence electrons. The first-order valence-corrected chi connectivity index (χ1v) is 8.32. The maximum Gasteiger partial charge on any atom is 0.254 e. The van der Waals surface area contributed by atoms with Crippen LogP contribution >= 0.6 is 28.3 Å². The molecule has 0 radical (unpaired) electrons. The predicted molar refractivity (Wildman–Crippen MR) is 95.2 cm³/mol. The zero-order valence-corrected chi connectivity index (χ0v) is 15.5. The van der Waals surface area contributed by atoms with Crippen LogP contribution in [0.25, 0.3) is 0 Å². The zero-order chi connectivity index (χ0) is 15.2. The van der Waals surface area contributed by atoms with E-state index < -0.39 is 0 Å². The molecule has 2 rings (SSSR count).